The van der Waals surface area contributed by atoms with Crippen LogP contribution in [0.4, 0.5) is 0 Å². The topological polar surface area (TPSA) is 133 Å². The van der Waals surface area contributed by atoms with Crippen molar-refractivity contribution >= 4 is 84.5 Å². The number of rotatable bonds is 1. The van der Waals surface area contributed by atoms with Crippen molar-refractivity contribution in [3.05, 3.63) is 0 Å². The molecule has 0 unspecified atom stereocenters. The molecule has 0 aliphatic heterocycles. The van der Waals surface area contributed by atoms with Crippen molar-refractivity contribution < 1.29 is 29.4 Å². The summed E-state index contributed by atoms with van der Waals surface area (Å²) in [6, 6.07) is 0. The Hall–Kier alpha value is 2.50. The third-order valence-corrected chi connectivity index (χ3v) is 0.1000. The maximum atomic E-state index is 8.58. The standard InChI is InChI=1S/C2H6O2.2Ca.O4Si/c3-1-2-4;;;1-5(2,3)4/h3-4H,1-2H2;;;/q;2*+2;-4. The number of hydrogen-bond donors (Lipinski definition) is 2. The van der Waals surface area contributed by atoms with Crippen molar-refractivity contribution in [1.29, 1.82) is 0 Å². The van der Waals surface area contributed by atoms with Gasteiger partial charge in [-0.2, -0.15) is 0 Å². The average molecular weight is 234 g/mol. The Morgan fingerprint density at radius 2 is 0.909 bits per heavy atom. The van der Waals surface area contributed by atoms with Crippen LogP contribution >= 0.6 is 0 Å². The van der Waals surface area contributed by atoms with E-state index >= 15 is 0 Å². The Morgan fingerprint density at radius 3 is 0.909 bits per heavy atom. The molecule has 58 valence electrons. The van der Waals surface area contributed by atoms with Crippen LogP contribution in [0.25, 0.3) is 0 Å². The monoisotopic (exact) mass is 234 g/mol. The van der Waals surface area contributed by atoms with Crippen LogP contribution in [0.15, 0.2) is 0 Å². The van der Waals surface area contributed by atoms with Crippen molar-refractivity contribution in [2.45, 2.75) is 0 Å². The zero-order valence-electron chi connectivity index (χ0n) is 5.86. The maximum absolute atomic E-state index is 8.58. The molecule has 0 aliphatic rings. The third-order valence-electron chi connectivity index (χ3n) is 0.1000. The van der Waals surface area contributed by atoms with Crippen molar-refractivity contribution in [2.24, 2.45) is 0 Å². The molecule has 0 aliphatic carbocycles. The van der Waals surface area contributed by atoms with Gasteiger partial charge in [0, 0.05) is 0 Å². The van der Waals surface area contributed by atoms with Gasteiger partial charge in [0.15, 0.2) is 0 Å². The summed E-state index contributed by atoms with van der Waals surface area (Å²) in [7, 11) is -5.61. The first-order valence-electron chi connectivity index (χ1n) is 1.95. The van der Waals surface area contributed by atoms with E-state index in [9.17, 15) is 0 Å². The predicted molar refractivity (Wildman–Crippen MR) is 31.4 cm³/mol. The van der Waals surface area contributed by atoms with Crippen LogP contribution in [0.5, 0.6) is 0 Å². The van der Waals surface area contributed by atoms with E-state index in [1.54, 1.807) is 0 Å². The molecule has 0 amide bonds. The van der Waals surface area contributed by atoms with Crippen LogP contribution in [-0.4, -0.2) is 108 Å². The number of aliphatic hydroxyl groups is 2. The molecule has 0 aromatic rings. The van der Waals surface area contributed by atoms with E-state index in [0.29, 0.717) is 0 Å². The first-order valence-corrected chi connectivity index (χ1v) is 3.58. The van der Waals surface area contributed by atoms with E-state index in [4.69, 9.17) is 29.4 Å². The van der Waals surface area contributed by atoms with Gasteiger partial charge >= 0.3 is 75.5 Å². The molecule has 0 atom stereocenters. The molecule has 6 nitrogen and oxygen atoms in total. The molecule has 11 heavy (non-hydrogen) atoms. The average Bonchev–Trinajstić information content (AvgIpc) is 1.61. The van der Waals surface area contributed by atoms with E-state index in [2.05, 4.69) is 0 Å². The second-order valence-corrected chi connectivity index (χ2v) is 1.95. The molecule has 0 spiro atoms. The van der Waals surface area contributed by atoms with E-state index in [0.717, 1.165) is 0 Å². The molecule has 0 fully saturated rings. The van der Waals surface area contributed by atoms with E-state index < -0.39 is 9.05 Å². The smallest absolute Gasteiger partial charge is 0.894 e. The number of aliphatic hydroxyl groups excluding tert-OH is 2. The summed E-state index contributed by atoms with van der Waals surface area (Å²) in [6.07, 6.45) is 0. The summed E-state index contributed by atoms with van der Waals surface area (Å²) in [4.78, 5) is 34.3. The molecular weight excluding hydrogens is 228 g/mol. The second kappa shape index (κ2) is 15.0. The molecular formula is C2H6Ca2O6Si. The summed E-state index contributed by atoms with van der Waals surface area (Å²) in [6.45, 7) is -0.250. The SMILES string of the molecule is OCCO.[Ca+2].[Ca+2].[O-][Si]([O-])([O-])[O-]. The Balaban J connectivity index is -0.0000000383. The van der Waals surface area contributed by atoms with Gasteiger partial charge < -0.3 is 38.4 Å². The molecule has 0 aromatic carbocycles. The fourth-order valence-corrected chi connectivity index (χ4v) is 0. The Labute approximate surface area is 125 Å². The minimum Gasteiger partial charge on any atom is -0.894 e. The van der Waals surface area contributed by atoms with Crippen LogP contribution in [0.1, 0.15) is 0 Å². The zero-order chi connectivity index (χ0) is 7.91. The molecule has 0 heterocycles. The minimum atomic E-state index is -5.61. The summed E-state index contributed by atoms with van der Waals surface area (Å²) >= 11 is 0. The summed E-state index contributed by atoms with van der Waals surface area (Å²) in [5, 5.41) is 15.2. The van der Waals surface area contributed by atoms with Gasteiger partial charge in [-0.3, -0.25) is 0 Å². The van der Waals surface area contributed by atoms with Gasteiger partial charge in [0.1, 0.15) is 0 Å². The first-order chi connectivity index (χ1) is 3.91. The van der Waals surface area contributed by atoms with Gasteiger partial charge in [-0.1, -0.05) is 0 Å². The minimum absolute atomic E-state index is 0. The molecule has 0 bridgehead atoms. The first kappa shape index (κ1) is 23.4. The van der Waals surface area contributed by atoms with Crippen molar-refractivity contribution in [2.75, 3.05) is 13.2 Å². The van der Waals surface area contributed by atoms with Gasteiger partial charge in [0.2, 0.25) is 0 Å². The Kier molecular flexibility index (Phi) is 31.8. The summed E-state index contributed by atoms with van der Waals surface area (Å²) in [5.41, 5.74) is 0. The molecule has 0 saturated heterocycles. The van der Waals surface area contributed by atoms with Crippen LogP contribution in [0.3, 0.4) is 0 Å². The van der Waals surface area contributed by atoms with Gasteiger partial charge in [-0.05, 0) is 0 Å². The van der Waals surface area contributed by atoms with Crippen LogP contribution < -0.4 is 19.2 Å². The molecule has 2 N–H and O–H groups in total. The fraction of sp³-hybridized carbons (Fsp3) is 1.00. The van der Waals surface area contributed by atoms with Gasteiger partial charge in [0.25, 0.3) is 0 Å². The van der Waals surface area contributed by atoms with Crippen molar-refractivity contribution in [3.63, 3.8) is 0 Å². The fourth-order valence-electron chi connectivity index (χ4n) is 0. The van der Waals surface area contributed by atoms with E-state index in [-0.39, 0.29) is 88.7 Å². The summed E-state index contributed by atoms with van der Waals surface area (Å²) < 4.78 is 0. The van der Waals surface area contributed by atoms with E-state index in [1.165, 1.54) is 0 Å². The third kappa shape index (κ3) is 113. The van der Waals surface area contributed by atoms with Crippen molar-refractivity contribution in [3.8, 4) is 0 Å². The van der Waals surface area contributed by atoms with E-state index in [1.807, 2.05) is 0 Å². The maximum Gasteiger partial charge on any atom is 2.00 e. The van der Waals surface area contributed by atoms with Gasteiger partial charge in [-0.25, -0.2) is 0 Å². The van der Waals surface area contributed by atoms with Crippen LogP contribution in [0, 0.1) is 0 Å². The molecule has 9 heteroatoms. The van der Waals surface area contributed by atoms with Crippen LogP contribution in [0.2, 0.25) is 0 Å². The Bertz CT molecular complexity index is 49.0. The second-order valence-electron chi connectivity index (χ2n) is 0.947. The Morgan fingerprint density at radius 1 is 0.818 bits per heavy atom. The normalized spacial score (nSPS) is 8.18. The molecule has 0 saturated carbocycles. The molecule has 0 rings (SSSR count). The largest absolute Gasteiger partial charge is 2.00 e. The van der Waals surface area contributed by atoms with Crippen LogP contribution in [-0.2, 0) is 0 Å². The van der Waals surface area contributed by atoms with Gasteiger partial charge in [0.05, 0.1) is 13.2 Å². The predicted octanol–water partition coefficient (Wildman–Crippen LogP) is -6.93. The quantitative estimate of drug-likeness (QED) is 0.433. The zero-order valence-corrected chi connectivity index (χ0v) is 11.3. The molecule has 0 aromatic heterocycles. The van der Waals surface area contributed by atoms with Gasteiger partial charge in [-0.15, -0.1) is 0 Å². The molecule has 0 radical (unpaired) electrons. The number of hydrogen-bond acceptors (Lipinski definition) is 6. The summed E-state index contributed by atoms with van der Waals surface area (Å²) in [5.74, 6) is 0. The van der Waals surface area contributed by atoms with Crippen molar-refractivity contribution in [1.82, 2.24) is 0 Å².